The normalized spacial score (nSPS) is 17.5. The predicted octanol–water partition coefficient (Wildman–Crippen LogP) is 2.93. The molecule has 0 saturated carbocycles. The van der Waals surface area contributed by atoms with Crippen LogP contribution in [0.15, 0.2) is 45.6 Å². The third-order valence-corrected chi connectivity index (χ3v) is 5.98. The van der Waals surface area contributed by atoms with Gasteiger partial charge in [0.15, 0.2) is 0 Å². The zero-order chi connectivity index (χ0) is 23.9. The van der Waals surface area contributed by atoms with Crippen molar-refractivity contribution >= 4 is 28.5 Å². The molecule has 0 radical (unpaired) electrons. The summed E-state index contributed by atoms with van der Waals surface area (Å²) in [5.41, 5.74) is -2.35. The molecule has 9 heteroatoms. The second-order valence-electron chi connectivity index (χ2n) is 8.09. The largest absolute Gasteiger partial charge is 0.495 e. The van der Waals surface area contributed by atoms with E-state index in [1.54, 1.807) is 6.07 Å². The van der Waals surface area contributed by atoms with Crippen LogP contribution in [-0.2, 0) is 5.72 Å². The highest BCUT2D eigenvalue weighted by molar-refractivity contribution is 6.31. The maximum atomic E-state index is 13.6. The smallest absolute Gasteiger partial charge is 0.293 e. The second kappa shape index (κ2) is 8.52. The monoisotopic (exact) mass is 467 g/mol. The fourth-order valence-corrected chi connectivity index (χ4v) is 4.33. The molecular weight excluding hydrogens is 446 g/mol. The van der Waals surface area contributed by atoms with Crippen molar-refractivity contribution in [3.8, 4) is 11.8 Å². The van der Waals surface area contributed by atoms with E-state index >= 15 is 0 Å². The van der Waals surface area contributed by atoms with Gasteiger partial charge >= 0.3 is 0 Å². The number of benzene rings is 2. The molecule has 1 N–H and O–H groups in total. The number of rotatable bonds is 6. The summed E-state index contributed by atoms with van der Waals surface area (Å²) in [6.45, 7) is 0.809. The molecule has 1 aliphatic rings. The zero-order valence-corrected chi connectivity index (χ0v) is 19.1. The van der Waals surface area contributed by atoms with Gasteiger partial charge in [0, 0.05) is 17.1 Å². The van der Waals surface area contributed by atoms with E-state index in [0.717, 1.165) is 0 Å². The number of nitriles is 1. The topological polar surface area (TPSA) is 107 Å². The first-order valence-electron chi connectivity index (χ1n) is 10.3. The van der Waals surface area contributed by atoms with E-state index in [9.17, 15) is 20.0 Å². The van der Waals surface area contributed by atoms with Crippen LogP contribution in [0.3, 0.4) is 0 Å². The molecule has 0 spiro atoms. The minimum Gasteiger partial charge on any atom is -0.495 e. The Hall–Kier alpha value is -3.38. The minimum atomic E-state index is -2.13. The highest BCUT2D eigenvalue weighted by atomic mass is 35.5. The highest BCUT2D eigenvalue weighted by Crippen LogP contribution is 2.42. The van der Waals surface area contributed by atoms with Crippen LogP contribution < -0.4 is 10.2 Å². The van der Waals surface area contributed by atoms with Gasteiger partial charge in [0.25, 0.3) is 5.91 Å². The third-order valence-electron chi connectivity index (χ3n) is 5.74. The minimum absolute atomic E-state index is 0.150. The lowest BCUT2D eigenvalue weighted by Gasteiger charge is -2.34. The van der Waals surface area contributed by atoms with Crippen LogP contribution in [0.1, 0.15) is 33.7 Å². The molecule has 1 aliphatic heterocycles. The van der Waals surface area contributed by atoms with E-state index in [4.69, 9.17) is 20.8 Å². The van der Waals surface area contributed by atoms with Crippen molar-refractivity contribution < 1.29 is 19.1 Å². The molecule has 2 aromatic carbocycles. The molecule has 8 nitrogen and oxygen atoms in total. The van der Waals surface area contributed by atoms with Crippen molar-refractivity contribution in [1.29, 1.82) is 5.26 Å². The number of aliphatic hydroxyl groups is 1. The van der Waals surface area contributed by atoms with Crippen LogP contribution in [0.25, 0.3) is 11.0 Å². The van der Waals surface area contributed by atoms with Crippen molar-refractivity contribution in [3.05, 3.63) is 74.1 Å². The van der Waals surface area contributed by atoms with Gasteiger partial charge in [-0.25, -0.2) is 0 Å². The van der Waals surface area contributed by atoms with E-state index in [2.05, 4.69) is 0 Å². The number of carbonyl (C=O) groups is 1. The number of hydrogen-bond donors (Lipinski definition) is 1. The van der Waals surface area contributed by atoms with Gasteiger partial charge in [-0.2, -0.15) is 5.26 Å². The molecule has 1 amide bonds. The Balaban J connectivity index is 1.98. The standard InChI is InChI=1S/C24H22ClN3O5/c1-27(2)9-4-10-28-23(30)22-20(21(29)17-12-16(25)6-8-19(17)33-22)24(28,31)15-5-7-18(32-3)14(11-15)13-26/h5-8,11-12,31H,4,9-10H2,1-3H3. The molecule has 1 unspecified atom stereocenters. The number of nitrogens with zero attached hydrogens (tertiary/aromatic N) is 3. The van der Waals surface area contributed by atoms with Crippen LogP contribution in [0.2, 0.25) is 5.02 Å². The van der Waals surface area contributed by atoms with Gasteiger partial charge in [0.2, 0.25) is 16.9 Å². The van der Waals surface area contributed by atoms with Crippen molar-refractivity contribution in [2.24, 2.45) is 0 Å². The van der Waals surface area contributed by atoms with Crippen molar-refractivity contribution in [3.63, 3.8) is 0 Å². The molecule has 170 valence electrons. The molecule has 3 aromatic rings. The van der Waals surface area contributed by atoms with Gasteiger partial charge in [0.1, 0.15) is 23.0 Å². The first-order chi connectivity index (χ1) is 15.7. The summed E-state index contributed by atoms with van der Waals surface area (Å²) in [6, 6.07) is 11.0. The number of halogens is 1. The molecule has 33 heavy (non-hydrogen) atoms. The Morgan fingerprint density at radius 3 is 2.67 bits per heavy atom. The number of amides is 1. The summed E-state index contributed by atoms with van der Waals surface area (Å²) >= 11 is 6.08. The fraction of sp³-hybridized carbons (Fsp3) is 0.292. The van der Waals surface area contributed by atoms with E-state index < -0.39 is 17.1 Å². The van der Waals surface area contributed by atoms with Gasteiger partial charge in [-0.05, 0) is 57.4 Å². The third kappa shape index (κ3) is 3.64. The van der Waals surface area contributed by atoms with Crippen LogP contribution >= 0.6 is 11.6 Å². The van der Waals surface area contributed by atoms with E-state index in [1.807, 2.05) is 25.1 Å². The lowest BCUT2D eigenvalue weighted by molar-refractivity contribution is -0.0513. The van der Waals surface area contributed by atoms with Crippen LogP contribution in [0, 0.1) is 11.3 Å². The Kier molecular flexibility index (Phi) is 5.89. The van der Waals surface area contributed by atoms with Crippen molar-refractivity contribution in [1.82, 2.24) is 9.80 Å². The Bertz CT molecular complexity index is 1360. The first kappa shape index (κ1) is 22.8. The van der Waals surface area contributed by atoms with Gasteiger partial charge < -0.3 is 19.2 Å². The summed E-state index contributed by atoms with van der Waals surface area (Å²) in [5, 5.41) is 22.1. The zero-order valence-electron chi connectivity index (χ0n) is 18.4. The average Bonchev–Trinajstić information content (AvgIpc) is 3.01. The van der Waals surface area contributed by atoms with E-state index in [0.29, 0.717) is 23.7 Å². The average molecular weight is 468 g/mol. The highest BCUT2D eigenvalue weighted by Gasteiger charge is 2.54. The summed E-state index contributed by atoms with van der Waals surface area (Å²) in [4.78, 5) is 30.1. The van der Waals surface area contributed by atoms with Crippen LogP contribution in [-0.4, -0.2) is 55.1 Å². The summed E-state index contributed by atoms with van der Waals surface area (Å²) in [7, 11) is 5.23. The lowest BCUT2D eigenvalue weighted by atomic mass is 9.92. The summed E-state index contributed by atoms with van der Waals surface area (Å²) < 4.78 is 11.0. The number of carbonyl (C=O) groups excluding carboxylic acids is 1. The van der Waals surface area contributed by atoms with Gasteiger partial charge in [0.05, 0.1) is 18.1 Å². The molecule has 4 rings (SSSR count). The number of fused-ring (bicyclic) bond motifs is 2. The maximum absolute atomic E-state index is 13.6. The first-order valence-corrected chi connectivity index (χ1v) is 10.6. The van der Waals surface area contributed by atoms with Crippen LogP contribution in [0.4, 0.5) is 0 Å². The van der Waals surface area contributed by atoms with Crippen molar-refractivity contribution in [2.75, 3.05) is 34.3 Å². The van der Waals surface area contributed by atoms with Gasteiger partial charge in [-0.15, -0.1) is 0 Å². The molecule has 1 aromatic heterocycles. The fourth-order valence-electron chi connectivity index (χ4n) is 4.16. The van der Waals surface area contributed by atoms with Gasteiger partial charge in [-0.1, -0.05) is 17.7 Å². The molecule has 0 saturated heterocycles. The predicted molar refractivity (Wildman–Crippen MR) is 122 cm³/mol. The quantitative estimate of drug-likeness (QED) is 0.593. The summed E-state index contributed by atoms with van der Waals surface area (Å²) in [5.74, 6) is -0.517. The molecular formula is C24H22ClN3O5. The molecule has 0 bridgehead atoms. The molecule has 0 aliphatic carbocycles. The maximum Gasteiger partial charge on any atom is 0.293 e. The number of hydrogen-bond acceptors (Lipinski definition) is 7. The molecule has 2 heterocycles. The molecule has 0 fully saturated rings. The number of methoxy groups -OCH3 is 1. The second-order valence-corrected chi connectivity index (χ2v) is 8.52. The SMILES string of the molecule is COc1ccc(C2(O)c3c(oc4ccc(Cl)cc4c3=O)C(=O)N2CCCN(C)C)cc1C#N. The van der Waals surface area contributed by atoms with Crippen LogP contribution in [0.5, 0.6) is 5.75 Å². The van der Waals surface area contributed by atoms with Crippen molar-refractivity contribution in [2.45, 2.75) is 12.1 Å². The summed E-state index contributed by atoms with van der Waals surface area (Å²) in [6.07, 6.45) is 0.538. The lowest BCUT2D eigenvalue weighted by Crippen LogP contribution is -2.47. The molecule has 1 atom stereocenters. The van der Waals surface area contributed by atoms with E-state index in [1.165, 1.54) is 42.3 Å². The number of ether oxygens (including phenoxy) is 1. The van der Waals surface area contributed by atoms with Gasteiger partial charge in [-0.3, -0.25) is 14.5 Å². The Labute approximate surface area is 195 Å². The van der Waals surface area contributed by atoms with E-state index in [-0.39, 0.29) is 40.0 Å². The Morgan fingerprint density at radius 1 is 1.24 bits per heavy atom. The Morgan fingerprint density at radius 2 is 2.00 bits per heavy atom.